The van der Waals surface area contributed by atoms with Crippen LogP contribution in [0.5, 0.6) is 0 Å². The molecule has 1 atom stereocenters. The predicted molar refractivity (Wildman–Crippen MR) is 58.8 cm³/mol. The van der Waals surface area contributed by atoms with Crippen LogP contribution in [0.4, 0.5) is 0 Å². The molecule has 1 aromatic carbocycles. The van der Waals surface area contributed by atoms with Crippen LogP contribution < -0.4 is 0 Å². The zero-order valence-electron chi connectivity index (χ0n) is 8.78. The maximum absolute atomic E-state index is 12.2. The van der Waals surface area contributed by atoms with Crippen molar-refractivity contribution in [1.29, 1.82) is 0 Å². The van der Waals surface area contributed by atoms with E-state index in [9.17, 15) is 4.79 Å². The molecule has 0 N–H and O–H groups in total. The first-order valence-corrected chi connectivity index (χ1v) is 5.75. The lowest BCUT2D eigenvalue weighted by Gasteiger charge is -2.39. The van der Waals surface area contributed by atoms with Crippen molar-refractivity contribution in [3.05, 3.63) is 35.4 Å². The minimum Gasteiger partial charge on any atom is -0.335 e. The molecule has 1 amide bonds. The van der Waals surface area contributed by atoms with Crippen molar-refractivity contribution in [3.63, 3.8) is 0 Å². The third kappa shape index (κ3) is 1.36. The topological polar surface area (TPSA) is 20.3 Å². The number of hydrogen-bond acceptors (Lipinski definition) is 1. The van der Waals surface area contributed by atoms with Crippen LogP contribution in [-0.2, 0) is 6.42 Å². The maximum atomic E-state index is 12.2. The van der Waals surface area contributed by atoms with Crippen molar-refractivity contribution in [3.8, 4) is 0 Å². The number of amides is 1. The molecule has 0 radical (unpaired) electrons. The number of hydrogen-bond donors (Lipinski definition) is 0. The molecule has 0 aliphatic carbocycles. The number of piperidine rings is 1. The van der Waals surface area contributed by atoms with Crippen LogP contribution in [0, 0.1) is 0 Å². The SMILES string of the molecule is O=C1c2ccccc2C[C@@H]2CCCCN12. The quantitative estimate of drug-likeness (QED) is 0.630. The van der Waals surface area contributed by atoms with Crippen molar-refractivity contribution >= 4 is 5.91 Å². The molecule has 3 rings (SSSR count). The largest absolute Gasteiger partial charge is 0.335 e. The zero-order valence-corrected chi connectivity index (χ0v) is 8.78. The second-order valence-corrected chi connectivity index (χ2v) is 4.51. The number of fused-ring (bicyclic) bond motifs is 2. The summed E-state index contributed by atoms with van der Waals surface area (Å²) in [5, 5.41) is 0. The third-order valence-electron chi connectivity index (χ3n) is 3.59. The molecule has 0 spiro atoms. The summed E-state index contributed by atoms with van der Waals surface area (Å²) < 4.78 is 0. The summed E-state index contributed by atoms with van der Waals surface area (Å²) in [6.07, 6.45) is 4.68. The van der Waals surface area contributed by atoms with Gasteiger partial charge in [-0.1, -0.05) is 18.2 Å². The summed E-state index contributed by atoms with van der Waals surface area (Å²) >= 11 is 0. The fraction of sp³-hybridized carbons (Fsp3) is 0.462. The molecule has 0 aromatic heterocycles. The van der Waals surface area contributed by atoms with Crippen molar-refractivity contribution in [1.82, 2.24) is 4.90 Å². The second-order valence-electron chi connectivity index (χ2n) is 4.51. The molecule has 2 aliphatic rings. The summed E-state index contributed by atoms with van der Waals surface area (Å²) in [5.74, 6) is 0.251. The van der Waals surface area contributed by atoms with Crippen LogP contribution in [0.3, 0.4) is 0 Å². The van der Waals surface area contributed by atoms with E-state index in [1.807, 2.05) is 18.2 Å². The number of nitrogens with zero attached hydrogens (tertiary/aromatic N) is 1. The number of benzene rings is 1. The van der Waals surface area contributed by atoms with Gasteiger partial charge in [-0.05, 0) is 37.3 Å². The van der Waals surface area contributed by atoms with Gasteiger partial charge < -0.3 is 4.90 Å². The first-order valence-electron chi connectivity index (χ1n) is 5.75. The Balaban J connectivity index is 2.02. The number of carbonyl (C=O) groups excluding carboxylic acids is 1. The molecule has 2 heteroatoms. The van der Waals surface area contributed by atoms with Crippen LogP contribution in [-0.4, -0.2) is 23.4 Å². The van der Waals surface area contributed by atoms with E-state index < -0.39 is 0 Å². The van der Waals surface area contributed by atoms with E-state index in [1.165, 1.54) is 24.8 Å². The zero-order chi connectivity index (χ0) is 10.3. The third-order valence-corrected chi connectivity index (χ3v) is 3.59. The molecule has 0 saturated carbocycles. The number of carbonyl (C=O) groups is 1. The Hall–Kier alpha value is -1.31. The van der Waals surface area contributed by atoms with E-state index in [1.54, 1.807) is 0 Å². The minimum atomic E-state index is 0.251. The Labute approximate surface area is 89.9 Å². The van der Waals surface area contributed by atoms with Gasteiger partial charge in [-0.3, -0.25) is 4.79 Å². The predicted octanol–water partition coefficient (Wildman–Crippen LogP) is 2.24. The maximum Gasteiger partial charge on any atom is 0.254 e. The van der Waals surface area contributed by atoms with Gasteiger partial charge in [0.1, 0.15) is 0 Å². The Morgan fingerprint density at radius 3 is 3.00 bits per heavy atom. The van der Waals surface area contributed by atoms with Crippen molar-refractivity contribution in [2.75, 3.05) is 6.54 Å². The Morgan fingerprint density at radius 2 is 2.07 bits per heavy atom. The first kappa shape index (κ1) is 8.96. The van der Waals surface area contributed by atoms with Crippen LogP contribution in [0.2, 0.25) is 0 Å². The van der Waals surface area contributed by atoms with Crippen LogP contribution in [0.1, 0.15) is 35.2 Å². The minimum absolute atomic E-state index is 0.251. The fourth-order valence-electron chi connectivity index (χ4n) is 2.80. The van der Waals surface area contributed by atoms with Crippen molar-refractivity contribution in [2.24, 2.45) is 0 Å². The van der Waals surface area contributed by atoms with Crippen molar-refractivity contribution in [2.45, 2.75) is 31.7 Å². The molecule has 0 unspecified atom stereocenters. The summed E-state index contributed by atoms with van der Waals surface area (Å²) in [6.45, 7) is 0.956. The van der Waals surface area contributed by atoms with E-state index >= 15 is 0 Å². The van der Waals surface area contributed by atoms with Gasteiger partial charge in [-0.2, -0.15) is 0 Å². The van der Waals surface area contributed by atoms with Crippen LogP contribution in [0.25, 0.3) is 0 Å². The number of rotatable bonds is 0. The van der Waals surface area contributed by atoms with Gasteiger partial charge in [-0.25, -0.2) is 0 Å². The molecule has 78 valence electrons. The standard InChI is InChI=1S/C13H15NO/c15-13-12-7-2-1-5-10(12)9-11-6-3-4-8-14(11)13/h1-2,5,7,11H,3-4,6,8-9H2/t11-/m0/s1. The molecule has 2 nitrogen and oxygen atoms in total. The lowest BCUT2D eigenvalue weighted by Crippen LogP contribution is -2.48. The monoisotopic (exact) mass is 201 g/mol. The van der Waals surface area contributed by atoms with Gasteiger partial charge in [0, 0.05) is 18.2 Å². The molecule has 15 heavy (non-hydrogen) atoms. The lowest BCUT2D eigenvalue weighted by atomic mass is 9.88. The molecule has 1 aromatic rings. The Morgan fingerprint density at radius 1 is 1.20 bits per heavy atom. The molecule has 1 saturated heterocycles. The second kappa shape index (κ2) is 3.37. The summed E-state index contributed by atoms with van der Waals surface area (Å²) in [6, 6.07) is 8.52. The van der Waals surface area contributed by atoms with E-state index in [-0.39, 0.29) is 5.91 Å². The molecule has 2 heterocycles. The fourth-order valence-corrected chi connectivity index (χ4v) is 2.80. The molecule has 1 fully saturated rings. The smallest absolute Gasteiger partial charge is 0.254 e. The van der Waals surface area contributed by atoms with Gasteiger partial charge >= 0.3 is 0 Å². The molecular formula is C13H15NO. The highest BCUT2D eigenvalue weighted by atomic mass is 16.2. The van der Waals surface area contributed by atoms with Gasteiger partial charge in [0.05, 0.1) is 0 Å². The lowest BCUT2D eigenvalue weighted by molar-refractivity contribution is 0.0582. The molecule has 0 bridgehead atoms. The van der Waals surface area contributed by atoms with Crippen LogP contribution in [0.15, 0.2) is 24.3 Å². The van der Waals surface area contributed by atoms with Gasteiger partial charge in [0.2, 0.25) is 0 Å². The van der Waals surface area contributed by atoms with Gasteiger partial charge in [-0.15, -0.1) is 0 Å². The Bertz CT molecular complexity index is 399. The van der Waals surface area contributed by atoms with Gasteiger partial charge in [0.25, 0.3) is 5.91 Å². The highest BCUT2D eigenvalue weighted by molar-refractivity contribution is 5.97. The van der Waals surface area contributed by atoms with E-state index in [2.05, 4.69) is 11.0 Å². The normalized spacial score (nSPS) is 24.7. The van der Waals surface area contributed by atoms with E-state index in [4.69, 9.17) is 0 Å². The molecular weight excluding hydrogens is 186 g/mol. The van der Waals surface area contributed by atoms with E-state index in [0.717, 1.165) is 18.5 Å². The first-order chi connectivity index (χ1) is 7.36. The highest BCUT2D eigenvalue weighted by Gasteiger charge is 2.33. The molecule has 2 aliphatic heterocycles. The Kier molecular flexibility index (Phi) is 2.01. The average molecular weight is 201 g/mol. The summed E-state index contributed by atoms with van der Waals surface area (Å²) in [4.78, 5) is 14.3. The average Bonchev–Trinajstić information content (AvgIpc) is 2.30. The summed E-state index contributed by atoms with van der Waals surface area (Å²) in [5.41, 5.74) is 2.17. The van der Waals surface area contributed by atoms with Crippen molar-refractivity contribution < 1.29 is 4.79 Å². The summed E-state index contributed by atoms with van der Waals surface area (Å²) in [7, 11) is 0. The van der Waals surface area contributed by atoms with E-state index in [0.29, 0.717) is 6.04 Å². The van der Waals surface area contributed by atoms with Gasteiger partial charge in [0.15, 0.2) is 0 Å². The highest BCUT2D eigenvalue weighted by Crippen LogP contribution is 2.28. The van der Waals surface area contributed by atoms with Crippen LogP contribution >= 0.6 is 0 Å².